The lowest BCUT2D eigenvalue weighted by Crippen LogP contribution is -2.30. The summed E-state index contributed by atoms with van der Waals surface area (Å²) in [4.78, 5) is 12.3. The van der Waals surface area contributed by atoms with Crippen molar-refractivity contribution in [3.63, 3.8) is 0 Å². The number of ether oxygens (including phenoxy) is 2. The van der Waals surface area contributed by atoms with Crippen LogP contribution in [0.25, 0.3) is 0 Å². The Balaban J connectivity index is 1.89. The monoisotopic (exact) mass is 341 g/mol. The molecule has 0 saturated carbocycles. The minimum absolute atomic E-state index is 0.174. The molecule has 0 saturated heterocycles. The lowest BCUT2D eigenvalue weighted by molar-refractivity contribution is -0.122. The van der Waals surface area contributed by atoms with Crippen molar-refractivity contribution in [1.29, 1.82) is 0 Å². The van der Waals surface area contributed by atoms with E-state index >= 15 is 0 Å². The fourth-order valence-corrected chi connectivity index (χ4v) is 2.24. The number of aryl methyl sites for hydroxylation is 1. The summed E-state index contributed by atoms with van der Waals surface area (Å²) in [6.07, 6.45) is 1.52. The maximum atomic E-state index is 12.3. The molecule has 0 aliphatic heterocycles. The summed E-state index contributed by atoms with van der Waals surface area (Å²) >= 11 is 0. The molecule has 2 aromatic carbocycles. The number of benzene rings is 2. The third-order valence-electron chi connectivity index (χ3n) is 4.05. The van der Waals surface area contributed by atoms with Crippen molar-refractivity contribution in [3.05, 3.63) is 54.1 Å². The summed E-state index contributed by atoms with van der Waals surface area (Å²) in [5.41, 5.74) is 1.96. The maximum Gasteiger partial charge on any atom is 0.265 e. The Morgan fingerprint density at radius 3 is 2.04 bits per heavy atom. The molecule has 1 amide bonds. The first kappa shape index (κ1) is 18.8. The number of carbonyl (C=O) groups excluding carboxylic acids is 1. The highest BCUT2D eigenvalue weighted by Crippen LogP contribution is 2.19. The number of carbonyl (C=O) groups is 1. The van der Waals surface area contributed by atoms with Crippen LogP contribution in [0.4, 0.5) is 5.69 Å². The molecule has 4 heteroatoms. The predicted octanol–water partition coefficient (Wildman–Crippen LogP) is 4.83. The highest BCUT2D eigenvalue weighted by molar-refractivity contribution is 5.94. The quantitative estimate of drug-likeness (QED) is 0.748. The van der Waals surface area contributed by atoms with Crippen molar-refractivity contribution < 1.29 is 14.3 Å². The van der Waals surface area contributed by atoms with Crippen LogP contribution in [-0.2, 0) is 11.2 Å². The lowest BCUT2D eigenvalue weighted by atomic mass is 10.2. The van der Waals surface area contributed by atoms with Gasteiger partial charge in [-0.15, -0.1) is 0 Å². The van der Waals surface area contributed by atoms with E-state index < -0.39 is 6.10 Å². The Morgan fingerprint density at radius 2 is 1.48 bits per heavy atom. The fraction of sp³-hybridized carbons (Fsp3) is 0.381. The number of amides is 1. The summed E-state index contributed by atoms with van der Waals surface area (Å²) in [5, 5.41) is 2.86. The van der Waals surface area contributed by atoms with Gasteiger partial charge in [-0.2, -0.15) is 0 Å². The minimum Gasteiger partial charge on any atom is -0.491 e. The van der Waals surface area contributed by atoms with Crippen LogP contribution in [0.1, 0.15) is 39.7 Å². The molecule has 0 bridgehead atoms. The van der Waals surface area contributed by atoms with Gasteiger partial charge >= 0.3 is 0 Å². The largest absolute Gasteiger partial charge is 0.491 e. The molecule has 0 aliphatic carbocycles. The Kier molecular flexibility index (Phi) is 6.87. The van der Waals surface area contributed by atoms with Crippen LogP contribution >= 0.6 is 0 Å². The first-order chi connectivity index (χ1) is 12.0. The van der Waals surface area contributed by atoms with E-state index in [0.717, 1.165) is 24.3 Å². The molecule has 0 spiro atoms. The van der Waals surface area contributed by atoms with Gasteiger partial charge < -0.3 is 14.8 Å². The van der Waals surface area contributed by atoms with Crippen LogP contribution in [0, 0.1) is 0 Å². The van der Waals surface area contributed by atoms with Gasteiger partial charge in [-0.1, -0.05) is 26.0 Å². The normalized spacial score (nSPS) is 13.0. The zero-order chi connectivity index (χ0) is 18.2. The standard InChI is InChI=1S/C21H27NO3/c1-5-15(3)24-19-13-9-18(10-14-19)22-21(23)16(4)25-20-11-7-17(6-2)8-12-20/h7-16H,5-6H2,1-4H3,(H,22,23). The topological polar surface area (TPSA) is 47.6 Å². The average molecular weight is 341 g/mol. The molecular weight excluding hydrogens is 314 g/mol. The summed E-state index contributed by atoms with van der Waals surface area (Å²) in [7, 11) is 0. The number of anilines is 1. The Labute approximate surface area is 150 Å². The molecule has 25 heavy (non-hydrogen) atoms. The molecule has 2 aromatic rings. The molecular formula is C21H27NO3. The van der Waals surface area contributed by atoms with E-state index in [1.165, 1.54) is 5.56 Å². The maximum absolute atomic E-state index is 12.3. The van der Waals surface area contributed by atoms with Crippen LogP contribution in [0.5, 0.6) is 11.5 Å². The van der Waals surface area contributed by atoms with Gasteiger partial charge in [-0.05, 0) is 68.7 Å². The summed E-state index contributed by atoms with van der Waals surface area (Å²) in [6.45, 7) is 7.95. The van der Waals surface area contributed by atoms with Crippen molar-refractivity contribution in [1.82, 2.24) is 0 Å². The van der Waals surface area contributed by atoms with Gasteiger partial charge in [0.25, 0.3) is 5.91 Å². The Morgan fingerprint density at radius 1 is 0.920 bits per heavy atom. The predicted molar refractivity (Wildman–Crippen MR) is 101 cm³/mol. The van der Waals surface area contributed by atoms with Crippen LogP contribution in [0.3, 0.4) is 0 Å². The molecule has 2 unspecified atom stereocenters. The second-order valence-corrected chi connectivity index (χ2v) is 6.11. The van der Waals surface area contributed by atoms with E-state index in [2.05, 4.69) is 19.2 Å². The number of hydrogen-bond acceptors (Lipinski definition) is 3. The molecule has 1 N–H and O–H groups in total. The summed E-state index contributed by atoms with van der Waals surface area (Å²) in [6, 6.07) is 15.2. The van der Waals surface area contributed by atoms with Crippen molar-refractivity contribution in [2.75, 3.05) is 5.32 Å². The lowest BCUT2D eigenvalue weighted by Gasteiger charge is -2.16. The van der Waals surface area contributed by atoms with Crippen LogP contribution in [-0.4, -0.2) is 18.1 Å². The highest BCUT2D eigenvalue weighted by atomic mass is 16.5. The molecule has 0 radical (unpaired) electrons. The molecule has 0 aromatic heterocycles. The van der Waals surface area contributed by atoms with Crippen LogP contribution in [0.2, 0.25) is 0 Å². The third kappa shape index (κ3) is 5.82. The number of nitrogens with one attached hydrogen (secondary N) is 1. The second-order valence-electron chi connectivity index (χ2n) is 6.11. The number of rotatable bonds is 8. The first-order valence-electron chi connectivity index (χ1n) is 8.85. The molecule has 134 valence electrons. The van der Waals surface area contributed by atoms with E-state index in [9.17, 15) is 4.79 Å². The molecule has 0 fully saturated rings. The van der Waals surface area contributed by atoms with E-state index in [4.69, 9.17) is 9.47 Å². The molecule has 4 nitrogen and oxygen atoms in total. The number of hydrogen-bond donors (Lipinski definition) is 1. The summed E-state index contributed by atoms with van der Waals surface area (Å²) < 4.78 is 11.4. The van der Waals surface area contributed by atoms with E-state index in [1.807, 2.05) is 55.5 Å². The van der Waals surface area contributed by atoms with Gasteiger partial charge in [-0.3, -0.25) is 4.79 Å². The summed E-state index contributed by atoms with van der Waals surface area (Å²) in [5.74, 6) is 1.31. The van der Waals surface area contributed by atoms with Crippen molar-refractivity contribution >= 4 is 11.6 Å². The van der Waals surface area contributed by atoms with Gasteiger partial charge in [0.2, 0.25) is 0 Å². The third-order valence-corrected chi connectivity index (χ3v) is 4.05. The van der Waals surface area contributed by atoms with Crippen LogP contribution < -0.4 is 14.8 Å². The zero-order valence-corrected chi connectivity index (χ0v) is 15.4. The molecule has 0 aliphatic rings. The minimum atomic E-state index is -0.580. The zero-order valence-electron chi connectivity index (χ0n) is 15.4. The Hall–Kier alpha value is -2.49. The Bertz CT molecular complexity index is 665. The molecule has 0 heterocycles. The first-order valence-corrected chi connectivity index (χ1v) is 8.85. The van der Waals surface area contributed by atoms with Crippen molar-refractivity contribution in [3.8, 4) is 11.5 Å². The van der Waals surface area contributed by atoms with Gasteiger partial charge in [-0.25, -0.2) is 0 Å². The van der Waals surface area contributed by atoms with E-state index in [-0.39, 0.29) is 12.0 Å². The second kappa shape index (κ2) is 9.11. The fourth-order valence-electron chi connectivity index (χ4n) is 2.24. The van der Waals surface area contributed by atoms with Crippen LogP contribution in [0.15, 0.2) is 48.5 Å². The average Bonchev–Trinajstić information content (AvgIpc) is 2.63. The smallest absolute Gasteiger partial charge is 0.265 e. The van der Waals surface area contributed by atoms with Crippen molar-refractivity contribution in [2.45, 2.75) is 52.7 Å². The van der Waals surface area contributed by atoms with Gasteiger partial charge in [0.1, 0.15) is 11.5 Å². The molecule has 2 rings (SSSR count). The SMILES string of the molecule is CCc1ccc(OC(C)C(=O)Nc2ccc(OC(C)CC)cc2)cc1. The van der Waals surface area contributed by atoms with Gasteiger partial charge in [0, 0.05) is 5.69 Å². The van der Waals surface area contributed by atoms with Gasteiger partial charge in [0.05, 0.1) is 6.10 Å². The van der Waals surface area contributed by atoms with E-state index in [1.54, 1.807) is 6.92 Å². The molecule has 2 atom stereocenters. The van der Waals surface area contributed by atoms with Gasteiger partial charge in [0.15, 0.2) is 6.10 Å². The highest BCUT2D eigenvalue weighted by Gasteiger charge is 2.15. The van der Waals surface area contributed by atoms with Crippen molar-refractivity contribution in [2.24, 2.45) is 0 Å². The van der Waals surface area contributed by atoms with E-state index in [0.29, 0.717) is 5.75 Å².